The van der Waals surface area contributed by atoms with Crippen molar-refractivity contribution in [2.45, 2.75) is 50.8 Å². The lowest BCUT2D eigenvalue weighted by Gasteiger charge is -2.43. The Morgan fingerprint density at radius 2 is 1.41 bits per heavy atom. The SMILES string of the molecule is C[C@@H]1OC2(C[C@H](OCc3ccccc3)[C@H]1OCc1ccccc1)OCCO2. The highest BCUT2D eigenvalue weighted by Gasteiger charge is 2.51. The van der Waals surface area contributed by atoms with Crippen LogP contribution < -0.4 is 0 Å². The molecule has 0 unspecified atom stereocenters. The molecule has 0 N–H and O–H groups in total. The van der Waals surface area contributed by atoms with E-state index < -0.39 is 5.97 Å². The molecule has 4 rings (SSSR count). The minimum absolute atomic E-state index is 0.184. The van der Waals surface area contributed by atoms with Gasteiger partial charge in [-0.3, -0.25) is 0 Å². The predicted octanol–water partition coefficient (Wildman–Crippen LogP) is 3.67. The zero-order chi connectivity index (χ0) is 18.5. The molecular weight excluding hydrogens is 344 g/mol. The molecule has 2 aliphatic heterocycles. The molecule has 2 aromatic rings. The van der Waals surface area contributed by atoms with Gasteiger partial charge in [0.1, 0.15) is 6.10 Å². The monoisotopic (exact) mass is 370 g/mol. The Bertz CT molecular complexity index is 699. The van der Waals surface area contributed by atoms with E-state index in [2.05, 4.69) is 24.3 Å². The minimum atomic E-state index is -1.01. The van der Waals surface area contributed by atoms with E-state index in [0.717, 1.165) is 11.1 Å². The summed E-state index contributed by atoms with van der Waals surface area (Å²) in [6.45, 7) is 4.08. The first-order chi connectivity index (χ1) is 13.2. The van der Waals surface area contributed by atoms with Gasteiger partial charge in [-0.1, -0.05) is 60.7 Å². The molecule has 0 bridgehead atoms. The van der Waals surface area contributed by atoms with Crippen molar-refractivity contribution in [1.29, 1.82) is 0 Å². The second-order valence-corrected chi connectivity index (χ2v) is 7.00. The lowest BCUT2D eigenvalue weighted by Crippen LogP contribution is -2.55. The molecule has 0 aliphatic carbocycles. The smallest absolute Gasteiger partial charge is 0.286 e. The summed E-state index contributed by atoms with van der Waals surface area (Å²) < 4.78 is 30.1. The Kier molecular flexibility index (Phi) is 5.86. The zero-order valence-electron chi connectivity index (χ0n) is 15.6. The average molecular weight is 370 g/mol. The highest BCUT2D eigenvalue weighted by molar-refractivity contribution is 5.14. The highest BCUT2D eigenvalue weighted by atomic mass is 16.9. The van der Waals surface area contributed by atoms with Gasteiger partial charge in [-0.2, -0.15) is 0 Å². The minimum Gasteiger partial charge on any atom is -0.370 e. The Morgan fingerprint density at radius 3 is 2.00 bits per heavy atom. The van der Waals surface area contributed by atoms with Crippen molar-refractivity contribution >= 4 is 0 Å². The standard InChI is InChI=1S/C22H26O5/c1-17-21(24-16-19-10-6-3-7-11-19)20(14-22(27-17)25-12-13-26-22)23-15-18-8-4-2-5-9-18/h2-11,17,20-21H,12-16H2,1H3/t17-,20-,21-/m0/s1. The van der Waals surface area contributed by atoms with Crippen LogP contribution in [0.5, 0.6) is 0 Å². The van der Waals surface area contributed by atoms with Crippen molar-refractivity contribution in [3.8, 4) is 0 Å². The summed E-state index contributed by atoms with van der Waals surface area (Å²) in [7, 11) is 0. The summed E-state index contributed by atoms with van der Waals surface area (Å²) in [4.78, 5) is 0. The molecule has 0 saturated carbocycles. The molecule has 2 aromatic carbocycles. The van der Waals surface area contributed by atoms with Crippen molar-refractivity contribution in [2.75, 3.05) is 13.2 Å². The van der Waals surface area contributed by atoms with Crippen LogP contribution in [0.1, 0.15) is 24.5 Å². The third-order valence-corrected chi connectivity index (χ3v) is 4.97. The Hall–Kier alpha value is -1.76. The van der Waals surface area contributed by atoms with E-state index in [1.54, 1.807) is 0 Å². The molecular formula is C22H26O5. The molecule has 1 spiro atoms. The first-order valence-electron chi connectivity index (χ1n) is 9.51. The second kappa shape index (κ2) is 8.50. The topological polar surface area (TPSA) is 46.2 Å². The molecule has 0 radical (unpaired) electrons. The molecule has 5 nitrogen and oxygen atoms in total. The van der Waals surface area contributed by atoms with E-state index >= 15 is 0 Å². The van der Waals surface area contributed by atoms with Crippen molar-refractivity contribution in [2.24, 2.45) is 0 Å². The Labute approximate surface area is 160 Å². The third kappa shape index (κ3) is 4.57. The van der Waals surface area contributed by atoms with Crippen LogP contribution in [-0.2, 0) is 36.9 Å². The zero-order valence-corrected chi connectivity index (χ0v) is 15.6. The van der Waals surface area contributed by atoms with Gasteiger partial charge >= 0.3 is 0 Å². The quantitative estimate of drug-likeness (QED) is 0.776. The number of hydrogen-bond acceptors (Lipinski definition) is 5. The lowest BCUT2D eigenvalue weighted by molar-refractivity contribution is -0.394. The summed E-state index contributed by atoms with van der Waals surface area (Å²) in [5.74, 6) is -1.01. The van der Waals surface area contributed by atoms with E-state index in [0.29, 0.717) is 32.8 Å². The van der Waals surface area contributed by atoms with Crippen LogP contribution in [-0.4, -0.2) is 37.5 Å². The normalized spacial score (nSPS) is 27.1. The number of ether oxygens (including phenoxy) is 5. The van der Waals surface area contributed by atoms with Crippen LogP contribution in [0.2, 0.25) is 0 Å². The summed E-state index contributed by atoms with van der Waals surface area (Å²) in [6, 6.07) is 20.3. The molecule has 2 aliphatic rings. The number of rotatable bonds is 6. The van der Waals surface area contributed by atoms with Crippen molar-refractivity contribution in [3.63, 3.8) is 0 Å². The summed E-state index contributed by atoms with van der Waals surface area (Å²) in [5.41, 5.74) is 2.25. The van der Waals surface area contributed by atoms with Gasteiger partial charge in [-0.05, 0) is 18.1 Å². The number of benzene rings is 2. The average Bonchev–Trinajstić information content (AvgIpc) is 3.14. The van der Waals surface area contributed by atoms with Crippen LogP contribution in [0, 0.1) is 0 Å². The maximum Gasteiger partial charge on any atom is 0.286 e. The molecule has 2 fully saturated rings. The highest BCUT2D eigenvalue weighted by Crippen LogP contribution is 2.37. The maximum absolute atomic E-state index is 6.26. The van der Waals surface area contributed by atoms with Crippen LogP contribution in [0.15, 0.2) is 60.7 Å². The molecule has 0 aromatic heterocycles. The molecule has 2 saturated heterocycles. The third-order valence-electron chi connectivity index (χ3n) is 4.97. The van der Waals surface area contributed by atoms with Gasteiger partial charge in [-0.15, -0.1) is 0 Å². The van der Waals surface area contributed by atoms with Crippen molar-refractivity contribution < 1.29 is 23.7 Å². The van der Waals surface area contributed by atoms with E-state index in [1.165, 1.54) is 0 Å². The van der Waals surface area contributed by atoms with Gasteiger partial charge < -0.3 is 23.7 Å². The van der Waals surface area contributed by atoms with Crippen LogP contribution in [0.25, 0.3) is 0 Å². The first kappa shape index (κ1) is 18.6. The van der Waals surface area contributed by atoms with Gasteiger partial charge in [0.05, 0.1) is 45.1 Å². The largest absolute Gasteiger partial charge is 0.370 e. The molecule has 0 amide bonds. The predicted molar refractivity (Wildman–Crippen MR) is 99.8 cm³/mol. The summed E-state index contributed by atoms with van der Waals surface area (Å²) >= 11 is 0. The Balaban J connectivity index is 1.45. The summed E-state index contributed by atoms with van der Waals surface area (Å²) in [5, 5.41) is 0. The first-order valence-corrected chi connectivity index (χ1v) is 9.51. The second-order valence-electron chi connectivity index (χ2n) is 7.00. The van der Waals surface area contributed by atoms with Crippen LogP contribution >= 0.6 is 0 Å². The summed E-state index contributed by atoms with van der Waals surface area (Å²) in [6.07, 6.45) is -0.103. The van der Waals surface area contributed by atoms with Gasteiger partial charge in [0, 0.05) is 0 Å². The molecule has 3 atom stereocenters. The van der Waals surface area contributed by atoms with Gasteiger partial charge in [0.15, 0.2) is 0 Å². The van der Waals surface area contributed by atoms with Crippen LogP contribution in [0.4, 0.5) is 0 Å². The van der Waals surface area contributed by atoms with E-state index in [9.17, 15) is 0 Å². The van der Waals surface area contributed by atoms with E-state index in [1.807, 2.05) is 43.3 Å². The Morgan fingerprint density at radius 1 is 0.852 bits per heavy atom. The molecule has 144 valence electrons. The van der Waals surface area contributed by atoms with E-state index in [4.69, 9.17) is 23.7 Å². The fraction of sp³-hybridized carbons (Fsp3) is 0.455. The van der Waals surface area contributed by atoms with Crippen LogP contribution in [0.3, 0.4) is 0 Å². The fourth-order valence-corrected chi connectivity index (χ4v) is 3.63. The maximum atomic E-state index is 6.26. The lowest BCUT2D eigenvalue weighted by atomic mass is 10.00. The van der Waals surface area contributed by atoms with Crippen molar-refractivity contribution in [1.82, 2.24) is 0 Å². The van der Waals surface area contributed by atoms with Crippen molar-refractivity contribution in [3.05, 3.63) is 71.8 Å². The molecule has 5 heteroatoms. The molecule has 2 heterocycles. The van der Waals surface area contributed by atoms with Gasteiger partial charge in [0.2, 0.25) is 0 Å². The van der Waals surface area contributed by atoms with E-state index in [-0.39, 0.29) is 18.3 Å². The van der Waals surface area contributed by atoms with Gasteiger partial charge in [-0.25, -0.2) is 0 Å². The van der Waals surface area contributed by atoms with Gasteiger partial charge in [0.25, 0.3) is 5.97 Å². The fourth-order valence-electron chi connectivity index (χ4n) is 3.63. The number of hydrogen-bond donors (Lipinski definition) is 0. The molecule has 27 heavy (non-hydrogen) atoms.